The maximum atomic E-state index is 13.2. The van der Waals surface area contributed by atoms with E-state index in [2.05, 4.69) is 16.4 Å². The van der Waals surface area contributed by atoms with Crippen LogP contribution < -0.4 is 5.32 Å². The number of benzene rings is 3. The lowest BCUT2D eigenvalue weighted by atomic mass is 10.2. The van der Waals surface area contributed by atoms with Crippen molar-refractivity contribution in [3.05, 3.63) is 94.0 Å². The standard InChI is InChI=1S/C23H20ClF3N2S/c1-15-8-11-21(16(2)12-15)30-22(28-14-17-6-4-3-5-7-17)29-18-9-10-20(24)19(13-18)23(25,26)27/h3-13H,14H2,1-2H3,(H,28,29). The van der Waals surface area contributed by atoms with Gasteiger partial charge in [0, 0.05) is 10.6 Å². The minimum absolute atomic E-state index is 0.274. The zero-order valence-corrected chi connectivity index (χ0v) is 18.0. The van der Waals surface area contributed by atoms with Crippen LogP contribution in [0, 0.1) is 13.8 Å². The Kier molecular flexibility index (Phi) is 7.10. The molecule has 7 heteroatoms. The van der Waals surface area contributed by atoms with Gasteiger partial charge in [-0.2, -0.15) is 13.2 Å². The number of nitrogens with zero attached hydrogens (tertiary/aromatic N) is 1. The Morgan fingerprint density at radius 3 is 2.40 bits per heavy atom. The molecule has 0 aliphatic rings. The molecule has 156 valence electrons. The molecule has 0 atom stereocenters. The summed E-state index contributed by atoms with van der Waals surface area (Å²) in [6, 6.07) is 19.5. The van der Waals surface area contributed by atoms with E-state index in [1.165, 1.54) is 23.9 Å². The van der Waals surface area contributed by atoms with Gasteiger partial charge in [0.15, 0.2) is 5.17 Å². The Bertz CT molecular complexity index is 1050. The Hall–Kier alpha value is -2.44. The van der Waals surface area contributed by atoms with Crippen molar-refractivity contribution < 1.29 is 13.2 Å². The fraction of sp³-hybridized carbons (Fsp3) is 0.174. The first kappa shape index (κ1) is 22.2. The van der Waals surface area contributed by atoms with E-state index in [9.17, 15) is 13.2 Å². The Balaban J connectivity index is 1.91. The van der Waals surface area contributed by atoms with Gasteiger partial charge in [0.05, 0.1) is 17.1 Å². The van der Waals surface area contributed by atoms with Crippen LogP contribution in [-0.4, -0.2) is 5.17 Å². The van der Waals surface area contributed by atoms with Crippen molar-refractivity contribution in [1.82, 2.24) is 0 Å². The molecule has 0 radical (unpaired) electrons. The van der Waals surface area contributed by atoms with Crippen LogP contribution in [0.2, 0.25) is 5.02 Å². The molecule has 0 aromatic heterocycles. The summed E-state index contributed by atoms with van der Waals surface area (Å²) in [7, 11) is 0. The van der Waals surface area contributed by atoms with Crippen molar-refractivity contribution in [3.8, 4) is 0 Å². The number of alkyl halides is 3. The molecular formula is C23H20ClF3N2S. The summed E-state index contributed by atoms with van der Waals surface area (Å²) in [5.74, 6) is 0. The smallest absolute Gasteiger partial charge is 0.335 e. The summed E-state index contributed by atoms with van der Waals surface area (Å²) < 4.78 is 39.7. The maximum absolute atomic E-state index is 13.2. The van der Waals surface area contributed by atoms with E-state index in [0.717, 1.165) is 27.7 Å². The zero-order valence-electron chi connectivity index (χ0n) is 16.4. The molecule has 2 nitrogen and oxygen atoms in total. The van der Waals surface area contributed by atoms with Crippen molar-refractivity contribution in [3.63, 3.8) is 0 Å². The number of hydrogen-bond donors (Lipinski definition) is 1. The van der Waals surface area contributed by atoms with E-state index in [-0.39, 0.29) is 10.7 Å². The van der Waals surface area contributed by atoms with Crippen LogP contribution in [0.25, 0.3) is 0 Å². The topological polar surface area (TPSA) is 24.4 Å². The predicted octanol–water partition coefficient (Wildman–Crippen LogP) is 7.74. The van der Waals surface area contributed by atoms with Crippen LogP contribution in [0.1, 0.15) is 22.3 Å². The third kappa shape index (κ3) is 6.03. The normalized spacial score (nSPS) is 12.1. The molecule has 0 unspecified atom stereocenters. The average molecular weight is 449 g/mol. The fourth-order valence-corrected chi connectivity index (χ4v) is 3.89. The molecule has 0 amide bonds. The minimum atomic E-state index is -4.53. The number of rotatable bonds is 4. The highest BCUT2D eigenvalue weighted by Crippen LogP contribution is 2.36. The van der Waals surface area contributed by atoms with Crippen LogP contribution in [0.4, 0.5) is 18.9 Å². The lowest BCUT2D eigenvalue weighted by molar-refractivity contribution is -0.137. The molecule has 0 bridgehead atoms. The molecule has 0 fully saturated rings. The van der Waals surface area contributed by atoms with Gasteiger partial charge in [-0.3, -0.25) is 4.99 Å². The molecule has 0 heterocycles. The van der Waals surface area contributed by atoms with E-state index < -0.39 is 11.7 Å². The molecule has 1 N–H and O–H groups in total. The molecule has 0 saturated carbocycles. The molecule has 0 spiro atoms. The van der Waals surface area contributed by atoms with Gasteiger partial charge in [0.1, 0.15) is 0 Å². The number of hydrogen-bond acceptors (Lipinski definition) is 2. The first-order chi connectivity index (χ1) is 14.2. The van der Waals surface area contributed by atoms with Crippen molar-refractivity contribution in [2.24, 2.45) is 4.99 Å². The van der Waals surface area contributed by atoms with E-state index in [4.69, 9.17) is 11.6 Å². The SMILES string of the molecule is Cc1ccc(SC(=NCc2ccccc2)Nc2ccc(Cl)c(C(F)(F)F)c2)c(C)c1. The molecule has 0 aliphatic carbocycles. The molecule has 0 saturated heterocycles. The van der Waals surface area contributed by atoms with Gasteiger partial charge < -0.3 is 5.32 Å². The molecule has 3 aromatic carbocycles. The Morgan fingerprint density at radius 2 is 1.73 bits per heavy atom. The molecule has 0 aliphatic heterocycles. The number of anilines is 1. The summed E-state index contributed by atoms with van der Waals surface area (Å²) in [6.07, 6.45) is -4.53. The van der Waals surface area contributed by atoms with Crippen molar-refractivity contribution in [2.45, 2.75) is 31.5 Å². The lowest BCUT2D eigenvalue weighted by Crippen LogP contribution is -2.11. The third-order valence-electron chi connectivity index (χ3n) is 4.31. The summed E-state index contributed by atoms with van der Waals surface area (Å²) >= 11 is 7.12. The predicted molar refractivity (Wildman–Crippen MR) is 119 cm³/mol. The average Bonchev–Trinajstić information content (AvgIpc) is 2.69. The number of aliphatic imine (C=N–C) groups is 1. The van der Waals surface area contributed by atoms with Crippen molar-refractivity contribution in [1.29, 1.82) is 0 Å². The van der Waals surface area contributed by atoms with Crippen molar-refractivity contribution in [2.75, 3.05) is 5.32 Å². The lowest BCUT2D eigenvalue weighted by Gasteiger charge is -2.15. The number of aryl methyl sites for hydroxylation is 2. The van der Waals surface area contributed by atoms with Crippen LogP contribution in [0.5, 0.6) is 0 Å². The summed E-state index contributed by atoms with van der Waals surface area (Å²) in [5, 5.41) is 3.20. The molecule has 30 heavy (non-hydrogen) atoms. The monoisotopic (exact) mass is 448 g/mol. The van der Waals surface area contributed by atoms with Gasteiger partial charge in [-0.25, -0.2) is 0 Å². The van der Waals surface area contributed by atoms with Gasteiger partial charge in [0.2, 0.25) is 0 Å². The highest BCUT2D eigenvalue weighted by Gasteiger charge is 2.33. The molecular weight excluding hydrogens is 429 g/mol. The fourth-order valence-electron chi connectivity index (χ4n) is 2.81. The van der Waals surface area contributed by atoms with E-state index >= 15 is 0 Å². The second kappa shape index (κ2) is 9.58. The second-order valence-corrected chi connectivity index (χ2v) is 8.23. The van der Waals surface area contributed by atoms with Gasteiger partial charge in [-0.1, -0.05) is 71.4 Å². The first-order valence-corrected chi connectivity index (χ1v) is 10.4. The summed E-state index contributed by atoms with van der Waals surface area (Å²) in [5.41, 5.74) is 2.61. The van der Waals surface area contributed by atoms with Crippen LogP contribution in [-0.2, 0) is 12.7 Å². The summed E-state index contributed by atoms with van der Waals surface area (Å²) in [4.78, 5) is 5.59. The number of amidine groups is 1. The van der Waals surface area contributed by atoms with E-state index in [0.29, 0.717) is 11.7 Å². The van der Waals surface area contributed by atoms with E-state index in [1.54, 1.807) is 0 Å². The number of nitrogens with one attached hydrogen (secondary N) is 1. The second-order valence-electron chi connectivity index (χ2n) is 6.80. The number of halogens is 4. The van der Waals surface area contributed by atoms with Crippen LogP contribution >= 0.6 is 23.4 Å². The highest BCUT2D eigenvalue weighted by molar-refractivity contribution is 8.14. The van der Waals surface area contributed by atoms with E-state index in [1.807, 2.05) is 56.3 Å². The molecule has 3 aromatic rings. The quantitative estimate of drug-likeness (QED) is 0.251. The van der Waals surface area contributed by atoms with Crippen molar-refractivity contribution >= 4 is 34.2 Å². The number of thioether (sulfide) groups is 1. The minimum Gasteiger partial charge on any atom is -0.335 e. The Labute approximate surface area is 183 Å². The zero-order chi connectivity index (χ0) is 21.7. The van der Waals surface area contributed by atoms with Crippen LogP contribution in [0.3, 0.4) is 0 Å². The maximum Gasteiger partial charge on any atom is 0.417 e. The highest BCUT2D eigenvalue weighted by atomic mass is 35.5. The summed E-state index contributed by atoms with van der Waals surface area (Å²) in [6.45, 7) is 4.41. The van der Waals surface area contributed by atoms with Crippen LogP contribution in [0.15, 0.2) is 76.6 Å². The third-order valence-corrected chi connectivity index (χ3v) is 5.74. The first-order valence-electron chi connectivity index (χ1n) is 9.19. The Morgan fingerprint density at radius 1 is 1.00 bits per heavy atom. The van der Waals surface area contributed by atoms with Gasteiger partial charge in [-0.05, 0) is 49.2 Å². The van der Waals surface area contributed by atoms with Gasteiger partial charge in [0.25, 0.3) is 0 Å². The largest absolute Gasteiger partial charge is 0.417 e. The van der Waals surface area contributed by atoms with Gasteiger partial charge in [-0.15, -0.1) is 0 Å². The molecule has 3 rings (SSSR count). The van der Waals surface area contributed by atoms with Gasteiger partial charge >= 0.3 is 6.18 Å².